The summed E-state index contributed by atoms with van der Waals surface area (Å²) in [6, 6.07) is 21.0. The number of rotatable bonds is 2. The van der Waals surface area contributed by atoms with E-state index in [1.165, 1.54) is 0 Å². The van der Waals surface area contributed by atoms with Gasteiger partial charge in [-0.05, 0) is 42.0 Å². The van der Waals surface area contributed by atoms with Crippen molar-refractivity contribution in [2.45, 2.75) is 11.8 Å². The van der Waals surface area contributed by atoms with Crippen molar-refractivity contribution in [2.75, 3.05) is 6.61 Å². The minimum atomic E-state index is 0.0464. The molecule has 0 fully saturated rings. The highest BCUT2D eigenvalue weighted by molar-refractivity contribution is 7.80. The standard InChI is InChI=1S/C17H12OS.C2H6O/c18-17(13-8-10-14(19)11-9-13)16-7-3-5-12-4-1-2-6-15(12)16;1-2-3/h1-11,19H;3H,2H2,1H3. The Bertz CT molecular complexity index is 758. The second-order valence-electron chi connectivity index (χ2n) is 4.72. The number of hydrogen-bond acceptors (Lipinski definition) is 3. The Morgan fingerprint density at radius 3 is 2.23 bits per heavy atom. The minimum Gasteiger partial charge on any atom is -0.397 e. The van der Waals surface area contributed by atoms with Crippen molar-refractivity contribution in [3.8, 4) is 0 Å². The Hall–Kier alpha value is -2.10. The maximum atomic E-state index is 12.5. The first-order valence-electron chi connectivity index (χ1n) is 7.09. The molecule has 1 N–H and O–H groups in total. The Labute approximate surface area is 135 Å². The predicted molar refractivity (Wildman–Crippen MR) is 93.8 cm³/mol. The minimum absolute atomic E-state index is 0.0464. The molecule has 0 amide bonds. The van der Waals surface area contributed by atoms with Crippen molar-refractivity contribution in [3.63, 3.8) is 0 Å². The molecule has 3 rings (SSSR count). The van der Waals surface area contributed by atoms with Gasteiger partial charge in [0.2, 0.25) is 0 Å². The molecule has 0 atom stereocenters. The molecule has 0 heterocycles. The van der Waals surface area contributed by atoms with E-state index in [9.17, 15) is 4.79 Å². The van der Waals surface area contributed by atoms with Gasteiger partial charge in [0.25, 0.3) is 0 Å². The molecule has 112 valence electrons. The molecule has 3 heteroatoms. The van der Waals surface area contributed by atoms with E-state index in [0.29, 0.717) is 5.56 Å². The number of aliphatic hydroxyl groups is 1. The average molecular weight is 310 g/mol. The predicted octanol–water partition coefficient (Wildman–Crippen LogP) is 4.36. The summed E-state index contributed by atoms with van der Waals surface area (Å²) < 4.78 is 0. The van der Waals surface area contributed by atoms with Gasteiger partial charge in [-0.25, -0.2) is 0 Å². The van der Waals surface area contributed by atoms with Crippen LogP contribution in [0.4, 0.5) is 0 Å². The quantitative estimate of drug-likeness (QED) is 0.545. The topological polar surface area (TPSA) is 37.3 Å². The van der Waals surface area contributed by atoms with Gasteiger partial charge in [0.05, 0.1) is 0 Å². The molecule has 3 aromatic rings. The van der Waals surface area contributed by atoms with Crippen LogP contribution >= 0.6 is 12.6 Å². The number of aliphatic hydroxyl groups excluding tert-OH is 1. The lowest BCUT2D eigenvalue weighted by molar-refractivity contribution is 0.104. The Morgan fingerprint density at radius 2 is 1.55 bits per heavy atom. The summed E-state index contributed by atoms with van der Waals surface area (Å²) in [6.07, 6.45) is 0. The summed E-state index contributed by atoms with van der Waals surface area (Å²) in [7, 11) is 0. The number of carbonyl (C=O) groups excluding carboxylic acids is 1. The van der Waals surface area contributed by atoms with Crippen LogP contribution in [0, 0.1) is 0 Å². The van der Waals surface area contributed by atoms with Crippen LogP contribution in [0.2, 0.25) is 0 Å². The van der Waals surface area contributed by atoms with Crippen molar-refractivity contribution >= 4 is 29.2 Å². The third kappa shape index (κ3) is 3.75. The van der Waals surface area contributed by atoms with Gasteiger partial charge in [0.1, 0.15) is 0 Å². The van der Waals surface area contributed by atoms with E-state index in [4.69, 9.17) is 5.11 Å². The zero-order chi connectivity index (χ0) is 15.9. The lowest BCUT2D eigenvalue weighted by Crippen LogP contribution is -2.01. The monoisotopic (exact) mass is 310 g/mol. The number of benzene rings is 3. The van der Waals surface area contributed by atoms with Gasteiger partial charge in [-0.3, -0.25) is 4.79 Å². The van der Waals surface area contributed by atoms with Crippen LogP contribution in [0.25, 0.3) is 10.8 Å². The molecule has 0 saturated carbocycles. The third-order valence-corrected chi connectivity index (χ3v) is 3.46. The van der Waals surface area contributed by atoms with Gasteiger partial charge in [0, 0.05) is 22.6 Å². The van der Waals surface area contributed by atoms with Gasteiger partial charge < -0.3 is 5.11 Å². The number of hydrogen-bond donors (Lipinski definition) is 2. The molecule has 0 unspecified atom stereocenters. The molecule has 0 radical (unpaired) electrons. The van der Waals surface area contributed by atoms with Gasteiger partial charge in [-0.15, -0.1) is 12.6 Å². The van der Waals surface area contributed by atoms with E-state index in [1.54, 1.807) is 6.92 Å². The Kier molecular flexibility index (Phi) is 5.75. The number of thiol groups is 1. The fourth-order valence-electron chi connectivity index (χ4n) is 2.19. The van der Waals surface area contributed by atoms with E-state index < -0.39 is 0 Å². The van der Waals surface area contributed by atoms with E-state index in [-0.39, 0.29) is 12.4 Å². The molecule has 0 aliphatic heterocycles. The molecular formula is C19H18O2S. The van der Waals surface area contributed by atoms with Crippen molar-refractivity contribution in [1.82, 2.24) is 0 Å². The average Bonchev–Trinajstić information content (AvgIpc) is 2.55. The largest absolute Gasteiger partial charge is 0.397 e. The summed E-state index contributed by atoms with van der Waals surface area (Å²) in [5.41, 5.74) is 1.43. The molecule has 0 aliphatic carbocycles. The normalized spacial score (nSPS) is 9.95. The van der Waals surface area contributed by atoms with Gasteiger partial charge in [-0.1, -0.05) is 42.5 Å². The Morgan fingerprint density at radius 1 is 0.955 bits per heavy atom. The van der Waals surface area contributed by atoms with E-state index in [0.717, 1.165) is 21.2 Å². The molecule has 3 aromatic carbocycles. The SMILES string of the molecule is CCO.O=C(c1ccc(S)cc1)c1cccc2ccccc12. The van der Waals surface area contributed by atoms with Crippen LogP contribution in [0.1, 0.15) is 22.8 Å². The van der Waals surface area contributed by atoms with Crippen molar-refractivity contribution < 1.29 is 9.90 Å². The first kappa shape index (κ1) is 16.3. The van der Waals surface area contributed by atoms with Crippen LogP contribution in [-0.4, -0.2) is 17.5 Å². The number of carbonyl (C=O) groups is 1. The first-order valence-corrected chi connectivity index (χ1v) is 7.54. The lowest BCUT2D eigenvalue weighted by atomic mass is 9.97. The van der Waals surface area contributed by atoms with Crippen LogP contribution < -0.4 is 0 Å². The molecule has 0 spiro atoms. The summed E-state index contributed by atoms with van der Waals surface area (Å²) in [6.45, 7) is 1.93. The molecule has 2 nitrogen and oxygen atoms in total. The summed E-state index contributed by atoms with van der Waals surface area (Å²) in [5.74, 6) is 0.0464. The fraction of sp³-hybridized carbons (Fsp3) is 0.105. The highest BCUT2D eigenvalue weighted by atomic mass is 32.1. The highest BCUT2D eigenvalue weighted by Gasteiger charge is 2.11. The second kappa shape index (κ2) is 7.78. The summed E-state index contributed by atoms with van der Waals surface area (Å²) in [4.78, 5) is 13.4. The molecular weight excluding hydrogens is 292 g/mol. The van der Waals surface area contributed by atoms with Gasteiger partial charge >= 0.3 is 0 Å². The molecule has 0 bridgehead atoms. The van der Waals surface area contributed by atoms with Gasteiger partial charge in [0.15, 0.2) is 5.78 Å². The Balaban J connectivity index is 0.000000545. The van der Waals surface area contributed by atoms with E-state index in [2.05, 4.69) is 12.6 Å². The van der Waals surface area contributed by atoms with Crippen LogP contribution in [0.5, 0.6) is 0 Å². The maximum Gasteiger partial charge on any atom is 0.193 e. The molecule has 0 aromatic heterocycles. The third-order valence-electron chi connectivity index (χ3n) is 3.16. The second-order valence-corrected chi connectivity index (χ2v) is 5.24. The summed E-state index contributed by atoms with van der Waals surface area (Å²) in [5, 5.41) is 9.64. The number of ketones is 1. The van der Waals surface area contributed by atoms with E-state index in [1.807, 2.05) is 66.7 Å². The smallest absolute Gasteiger partial charge is 0.193 e. The number of fused-ring (bicyclic) bond motifs is 1. The molecule has 0 aliphatic rings. The lowest BCUT2D eigenvalue weighted by Gasteiger charge is -2.06. The highest BCUT2D eigenvalue weighted by Crippen LogP contribution is 2.21. The van der Waals surface area contributed by atoms with Crippen LogP contribution in [0.3, 0.4) is 0 Å². The van der Waals surface area contributed by atoms with Crippen LogP contribution in [-0.2, 0) is 0 Å². The maximum absolute atomic E-state index is 12.5. The zero-order valence-corrected chi connectivity index (χ0v) is 13.3. The van der Waals surface area contributed by atoms with Crippen molar-refractivity contribution in [1.29, 1.82) is 0 Å². The fourth-order valence-corrected chi connectivity index (χ4v) is 2.34. The first-order chi connectivity index (χ1) is 10.7. The van der Waals surface area contributed by atoms with Gasteiger partial charge in [-0.2, -0.15) is 0 Å². The molecule has 0 saturated heterocycles. The van der Waals surface area contributed by atoms with Crippen LogP contribution in [0.15, 0.2) is 71.6 Å². The molecule has 22 heavy (non-hydrogen) atoms. The van der Waals surface area contributed by atoms with Crippen molar-refractivity contribution in [2.24, 2.45) is 0 Å². The van der Waals surface area contributed by atoms with E-state index >= 15 is 0 Å². The zero-order valence-electron chi connectivity index (χ0n) is 12.4. The van der Waals surface area contributed by atoms with Crippen molar-refractivity contribution in [3.05, 3.63) is 77.9 Å². The summed E-state index contributed by atoms with van der Waals surface area (Å²) >= 11 is 4.24.